The van der Waals surface area contributed by atoms with Gasteiger partial charge in [-0.15, -0.1) is 0 Å². The van der Waals surface area contributed by atoms with Gasteiger partial charge in [0.15, 0.2) is 12.1 Å². The lowest BCUT2D eigenvalue weighted by Crippen LogP contribution is -2.47. The average Bonchev–Trinajstić information content (AvgIpc) is 3.33. The van der Waals surface area contributed by atoms with E-state index in [-0.39, 0.29) is 29.6 Å². The molecule has 0 aromatic heterocycles. The Morgan fingerprint density at radius 2 is 1.93 bits per heavy atom. The molecular formula is C31H44N6O3. The van der Waals surface area contributed by atoms with E-state index in [2.05, 4.69) is 22.5 Å². The quantitative estimate of drug-likeness (QED) is 0.526. The van der Waals surface area contributed by atoms with Crippen LogP contribution in [-0.2, 0) is 4.79 Å². The zero-order chi connectivity index (χ0) is 28.0. The molecule has 1 aromatic carbocycles. The molecule has 1 saturated heterocycles. The van der Waals surface area contributed by atoms with Crippen molar-refractivity contribution >= 4 is 23.3 Å². The molecule has 2 amide bonds. The first kappa shape index (κ1) is 27.0. The van der Waals surface area contributed by atoms with Gasteiger partial charge >= 0.3 is 0 Å². The summed E-state index contributed by atoms with van der Waals surface area (Å²) in [6, 6.07) is 6.23. The van der Waals surface area contributed by atoms with Crippen LogP contribution in [0.25, 0.3) is 0 Å². The summed E-state index contributed by atoms with van der Waals surface area (Å²) < 4.78 is 5.72. The summed E-state index contributed by atoms with van der Waals surface area (Å²) in [4.78, 5) is 38.0. The lowest BCUT2D eigenvalue weighted by molar-refractivity contribution is -0.133. The van der Waals surface area contributed by atoms with Crippen LogP contribution in [0.4, 0.5) is 5.69 Å². The van der Waals surface area contributed by atoms with Crippen LogP contribution in [0, 0.1) is 11.3 Å². The number of nitrogens with zero attached hydrogens (tertiary/aromatic N) is 4. The van der Waals surface area contributed by atoms with Crippen molar-refractivity contribution in [3.05, 3.63) is 35.7 Å². The number of rotatable bonds is 7. The van der Waals surface area contributed by atoms with Gasteiger partial charge in [-0.25, -0.2) is 4.99 Å². The van der Waals surface area contributed by atoms with E-state index in [1.807, 2.05) is 42.2 Å². The third kappa shape index (κ3) is 4.92. The molecule has 3 saturated carbocycles. The first-order valence-electron chi connectivity index (χ1n) is 15.1. The third-order valence-corrected chi connectivity index (χ3v) is 9.87. The molecule has 9 nitrogen and oxygen atoms in total. The van der Waals surface area contributed by atoms with Crippen LogP contribution in [-0.4, -0.2) is 78.5 Å². The second-order valence-electron chi connectivity index (χ2n) is 12.5. The normalized spacial score (nSPS) is 27.8. The molecule has 0 bridgehead atoms. The number of anilines is 1. The van der Waals surface area contributed by atoms with E-state index in [1.165, 1.54) is 25.7 Å². The minimum Gasteiger partial charge on any atom is -0.495 e. The van der Waals surface area contributed by atoms with Crippen molar-refractivity contribution in [3.8, 4) is 5.75 Å². The maximum atomic E-state index is 13.5. The van der Waals surface area contributed by atoms with Crippen LogP contribution in [0.1, 0.15) is 81.5 Å². The van der Waals surface area contributed by atoms with Gasteiger partial charge in [-0.05, 0) is 69.1 Å². The molecular weight excluding hydrogens is 504 g/mol. The van der Waals surface area contributed by atoms with Crippen LogP contribution in [0.5, 0.6) is 5.75 Å². The molecule has 3 atom stereocenters. The molecule has 1 aromatic rings. The predicted molar refractivity (Wildman–Crippen MR) is 156 cm³/mol. The summed E-state index contributed by atoms with van der Waals surface area (Å²) >= 11 is 0. The molecule has 2 aliphatic heterocycles. The largest absolute Gasteiger partial charge is 0.495 e. The van der Waals surface area contributed by atoms with Crippen molar-refractivity contribution < 1.29 is 14.3 Å². The lowest BCUT2D eigenvalue weighted by atomic mass is 10.0. The van der Waals surface area contributed by atoms with Crippen molar-refractivity contribution in [2.75, 3.05) is 33.1 Å². The number of nitrogens with one attached hydrogen (secondary N) is 2. The first-order chi connectivity index (χ1) is 19.3. The van der Waals surface area contributed by atoms with Crippen LogP contribution >= 0.6 is 0 Å². The Morgan fingerprint density at radius 3 is 2.60 bits per heavy atom. The van der Waals surface area contributed by atoms with E-state index in [0.717, 1.165) is 62.3 Å². The van der Waals surface area contributed by atoms with E-state index < -0.39 is 0 Å². The standard InChI is InChI=1S/C31H44N6O3/c1-5-20-10-12-22(16-20)32-28(38)21-11-13-24(26(17-21)40-4)33-30-34-27-25(18-35(30)2)36(3)29(39)31(14-15-31)19-37(27)23-8-6-7-9-23/h11,13,17-18,20,22-23,30,33H,5-10,12,14-16,19H2,1-4H3,(H,32,38)/t20-,22-,30?/m1/s1. The monoisotopic (exact) mass is 548 g/mol. The number of ether oxygens (including phenoxy) is 1. The molecule has 6 rings (SSSR count). The topological polar surface area (TPSA) is 89.5 Å². The molecule has 3 aliphatic carbocycles. The van der Waals surface area contributed by atoms with Gasteiger partial charge in [0.2, 0.25) is 5.91 Å². The zero-order valence-corrected chi connectivity index (χ0v) is 24.4. The number of amidine groups is 1. The Bertz CT molecular complexity index is 1220. The number of hydrogen-bond acceptors (Lipinski definition) is 7. The summed E-state index contributed by atoms with van der Waals surface area (Å²) in [5.41, 5.74) is 1.97. The highest BCUT2D eigenvalue weighted by molar-refractivity contribution is 6.05. The van der Waals surface area contributed by atoms with E-state index in [4.69, 9.17) is 9.73 Å². The molecule has 2 N–H and O–H groups in total. The summed E-state index contributed by atoms with van der Waals surface area (Å²) in [5.74, 6) is 2.37. The Morgan fingerprint density at radius 1 is 1.15 bits per heavy atom. The number of amides is 2. The molecule has 9 heteroatoms. The number of fused-ring (bicyclic) bond motifs is 1. The van der Waals surface area contributed by atoms with Gasteiger partial charge in [0, 0.05) is 44.5 Å². The molecule has 2 heterocycles. The van der Waals surface area contributed by atoms with Crippen molar-refractivity contribution in [1.29, 1.82) is 0 Å². The predicted octanol–water partition coefficient (Wildman–Crippen LogP) is 4.38. The van der Waals surface area contributed by atoms with Gasteiger partial charge in [0.1, 0.15) is 11.4 Å². The van der Waals surface area contributed by atoms with Crippen molar-refractivity contribution in [2.45, 2.75) is 89.5 Å². The maximum Gasteiger partial charge on any atom is 0.251 e. The number of likely N-dealkylation sites (N-methyl/N-ethyl adjacent to an activating group) is 1. The zero-order valence-electron chi connectivity index (χ0n) is 24.4. The van der Waals surface area contributed by atoms with Crippen LogP contribution in [0.15, 0.2) is 35.1 Å². The summed E-state index contributed by atoms with van der Waals surface area (Å²) in [7, 11) is 5.49. The molecule has 4 fully saturated rings. The van der Waals surface area contributed by atoms with Gasteiger partial charge in [-0.3, -0.25) is 9.59 Å². The van der Waals surface area contributed by atoms with Gasteiger partial charge in [0.25, 0.3) is 5.91 Å². The highest BCUT2D eigenvalue weighted by Crippen LogP contribution is 2.51. The van der Waals surface area contributed by atoms with E-state index in [9.17, 15) is 9.59 Å². The number of aliphatic imine (C=N–C) groups is 1. The third-order valence-electron chi connectivity index (χ3n) is 9.87. The van der Waals surface area contributed by atoms with E-state index in [1.54, 1.807) is 13.2 Å². The fraction of sp³-hybridized carbons (Fsp3) is 0.645. The number of methoxy groups -OCH3 is 1. The molecule has 1 unspecified atom stereocenters. The number of carbonyl (C=O) groups excluding carboxylic acids is 2. The first-order valence-corrected chi connectivity index (χ1v) is 15.1. The van der Waals surface area contributed by atoms with Crippen LogP contribution in [0.3, 0.4) is 0 Å². The Kier molecular flexibility index (Phi) is 7.17. The Balaban J connectivity index is 1.23. The fourth-order valence-electron chi connectivity index (χ4n) is 7.10. The summed E-state index contributed by atoms with van der Waals surface area (Å²) in [5, 5.41) is 6.75. The van der Waals surface area contributed by atoms with E-state index in [0.29, 0.717) is 23.3 Å². The van der Waals surface area contributed by atoms with Crippen LogP contribution < -0.4 is 15.4 Å². The highest BCUT2D eigenvalue weighted by Gasteiger charge is 2.56. The second kappa shape index (κ2) is 10.6. The summed E-state index contributed by atoms with van der Waals surface area (Å²) in [6.45, 7) is 2.97. The van der Waals surface area contributed by atoms with Crippen molar-refractivity contribution in [3.63, 3.8) is 0 Å². The Labute approximate surface area is 238 Å². The molecule has 0 radical (unpaired) electrons. The molecule has 216 valence electrons. The number of benzene rings is 1. The molecule has 5 aliphatic rings. The van der Waals surface area contributed by atoms with E-state index >= 15 is 0 Å². The highest BCUT2D eigenvalue weighted by atomic mass is 16.5. The van der Waals surface area contributed by atoms with Gasteiger partial charge in [0.05, 0.1) is 18.2 Å². The van der Waals surface area contributed by atoms with Gasteiger partial charge in [-0.2, -0.15) is 0 Å². The van der Waals surface area contributed by atoms with Crippen molar-refractivity contribution in [1.82, 2.24) is 20.0 Å². The minimum atomic E-state index is -0.377. The SMILES string of the molecule is CC[C@@H]1CC[C@@H](NC(=O)c2ccc(NC3N=C4C(=CN3C)N(C)C(=O)C3(CC3)CN4C3CCCC3)c(OC)c2)C1. The molecule has 40 heavy (non-hydrogen) atoms. The lowest BCUT2D eigenvalue weighted by Gasteiger charge is -2.38. The summed E-state index contributed by atoms with van der Waals surface area (Å²) in [6.07, 6.45) is 12.8. The average molecular weight is 549 g/mol. The second-order valence-corrected chi connectivity index (χ2v) is 12.5. The Hall–Kier alpha value is -3.23. The maximum absolute atomic E-state index is 13.5. The molecule has 1 spiro atoms. The van der Waals surface area contributed by atoms with Crippen molar-refractivity contribution in [2.24, 2.45) is 16.3 Å². The van der Waals surface area contributed by atoms with Crippen LogP contribution in [0.2, 0.25) is 0 Å². The fourth-order valence-corrected chi connectivity index (χ4v) is 7.10. The smallest absolute Gasteiger partial charge is 0.251 e. The number of hydrogen-bond donors (Lipinski definition) is 2. The minimum absolute atomic E-state index is 0.0541. The van der Waals surface area contributed by atoms with Gasteiger partial charge < -0.3 is 30.1 Å². The van der Waals surface area contributed by atoms with Gasteiger partial charge in [-0.1, -0.05) is 26.2 Å². The number of carbonyl (C=O) groups is 2.